The van der Waals surface area contributed by atoms with Crippen LogP contribution in [-0.4, -0.2) is 36.0 Å². The van der Waals surface area contributed by atoms with Crippen LogP contribution in [0, 0.1) is 6.92 Å². The molecule has 1 saturated carbocycles. The van der Waals surface area contributed by atoms with Gasteiger partial charge in [-0.05, 0) is 50.1 Å². The van der Waals surface area contributed by atoms with Crippen molar-refractivity contribution >= 4 is 23.2 Å². The Bertz CT molecular complexity index is 751. The van der Waals surface area contributed by atoms with Crippen molar-refractivity contribution in [1.29, 1.82) is 0 Å². The number of amides is 1. The predicted octanol–water partition coefficient (Wildman–Crippen LogP) is 3.66. The number of nitrogens with one attached hydrogen (secondary N) is 2. The average molecular weight is 353 g/mol. The molecule has 0 radical (unpaired) electrons. The fourth-order valence-corrected chi connectivity index (χ4v) is 3.22. The fourth-order valence-electron chi connectivity index (χ4n) is 3.22. The van der Waals surface area contributed by atoms with Crippen LogP contribution in [0.3, 0.4) is 0 Å². The average Bonchev–Trinajstić information content (AvgIpc) is 2.62. The van der Waals surface area contributed by atoms with Gasteiger partial charge in [0.15, 0.2) is 0 Å². The van der Waals surface area contributed by atoms with E-state index in [1.54, 1.807) is 6.07 Å². The molecule has 0 spiro atoms. The maximum Gasteiger partial charge on any atom is 0.270 e. The summed E-state index contributed by atoms with van der Waals surface area (Å²) in [5.74, 6) is 0.324. The van der Waals surface area contributed by atoms with E-state index in [-0.39, 0.29) is 11.9 Å². The minimum absolute atomic E-state index is 0.117. The number of carbonyl (C=O) groups excluding carboxylic acids is 1. The van der Waals surface area contributed by atoms with Gasteiger partial charge < -0.3 is 15.5 Å². The molecule has 1 heterocycles. The summed E-state index contributed by atoms with van der Waals surface area (Å²) in [6.07, 6.45) is 5.74. The lowest BCUT2D eigenvalue weighted by atomic mass is 9.95. The van der Waals surface area contributed by atoms with Crippen LogP contribution in [0.4, 0.5) is 17.3 Å². The molecule has 138 valence electrons. The number of aromatic nitrogens is 2. The maximum absolute atomic E-state index is 12.6. The first-order valence-corrected chi connectivity index (χ1v) is 9.22. The second-order valence-electron chi connectivity index (χ2n) is 7.09. The molecule has 0 unspecified atom stereocenters. The Balaban J connectivity index is 1.71. The molecule has 1 fully saturated rings. The van der Waals surface area contributed by atoms with Crippen LogP contribution in [0.15, 0.2) is 30.3 Å². The first-order valence-electron chi connectivity index (χ1n) is 9.22. The lowest BCUT2D eigenvalue weighted by Crippen LogP contribution is -2.36. The molecule has 1 aliphatic carbocycles. The standard InChI is InChI=1S/C20H27N5O/c1-14-13-18(19(26)22-15-7-5-4-6-8-15)24-20(21-14)23-16-9-11-17(12-10-16)25(2)3/h9-13,15H,4-8H2,1-3H3,(H,22,26)(H,21,23,24). The predicted molar refractivity (Wildman–Crippen MR) is 105 cm³/mol. The summed E-state index contributed by atoms with van der Waals surface area (Å²) in [4.78, 5) is 23.4. The Morgan fingerprint density at radius 2 is 1.77 bits per heavy atom. The molecular formula is C20H27N5O. The van der Waals surface area contributed by atoms with E-state index in [0.29, 0.717) is 11.6 Å². The van der Waals surface area contributed by atoms with E-state index >= 15 is 0 Å². The number of nitrogens with zero attached hydrogens (tertiary/aromatic N) is 3. The Labute approximate surface area is 155 Å². The van der Waals surface area contributed by atoms with Gasteiger partial charge in [-0.3, -0.25) is 4.79 Å². The smallest absolute Gasteiger partial charge is 0.270 e. The molecule has 2 aromatic rings. The zero-order valence-electron chi connectivity index (χ0n) is 15.7. The van der Waals surface area contributed by atoms with E-state index in [0.717, 1.165) is 29.9 Å². The zero-order chi connectivity index (χ0) is 18.5. The van der Waals surface area contributed by atoms with E-state index in [9.17, 15) is 4.79 Å². The monoisotopic (exact) mass is 353 g/mol. The molecule has 0 atom stereocenters. The van der Waals surface area contributed by atoms with Crippen LogP contribution in [0.5, 0.6) is 0 Å². The molecule has 6 nitrogen and oxygen atoms in total. The number of hydrogen-bond acceptors (Lipinski definition) is 5. The van der Waals surface area contributed by atoms with Gasteiger partial charge in [0.1, 0.15) is 5.69 Å². The van der Waals surface area contributed by atoms with Crippen LogP contribution in [0.2, 0.25) is 0 Å². The molecule has 1 aliphatic rings. The van der Waals surface area contributed by atoms with Crippen LogP contribution in [0.1, 0.15) is 48.3 Å². The SMILES string of the molecule is Cc1cc(C(=O)NC2CCCCC2)nc(Nc2ccc(N(C)C)cc2)n1. The summed E-state index contributed by atoms with van der Waals surface area (Å²) in [5.41, 5.74) is 3.18. The number of carbonyl (C=O) groups is 1. The largest absolute Gasteiger partial charge is 0.378 e. The number of benzene rings is 1. The lowest BCUT2D eigenvalue weighted by Gasteiger charge is -2.22. The van der Waals surface area contributed by atoms with Crippen LogP contribution < -0.4 is 15.5 Å². The number of hydrogen-bond donors (Lipinski definition) is 2. The van der Waals surface area contributed by atoms with Crippen molar-refractivity contribution in [2.24, 2.45) is 0 Å². The van der Waals surface area contributed by atoms with Gasteiger partial charge in [0.2, 0.25) is 5.95 Å². The molecule has 0 saturated heterocycles. The van der Waals surface area contributed by atoms with E-state index in [4.69, 9.17) is 0 Å². The Hall–Kier alpha value is -2.63. The van der Waals surface area contributed by atoms with E-state index in [2.05, 4.69) is 20.6 Å². The summed E-state index contributed by atoms with van der Waals surface area (Å²) in [5, 5.41) is 6.30. The van der Waals surface area contributed by atoms with Gasteiger partial charge in [-0.2, -0.15) is 0 Å². The van der Waals surface area contributed by atoms with Gasteiger partial charge in [0.25, 0.3) is 5.91 Å². The Morgan fingerprint density at radius 1 is 1.08 bits per heavy atom. The Kier molecular flexibility index (Phi) is 5.71. The third-order valence-electron chi connectivity index (χ3n) is 4.67. The van der Waals surface area contributed by atoms with Crippen molar-refractivity contribution in [1.82, 2.24) is 15.3 Å². The zero-order valence-corrected chi connectivity index (χ0v) is 15.7. The molecule has 26 heavy (non-hydrogen) atoms. The number of rotatable bonds is 5. The second-order valence-corrected chi connectivity index (χ2v) is 7.09. The van der Waals surface area contributed by atoms with Gasteiger partial charge in [0, 0.05) is 37.2 Å². The normalized spacial score (nSPS) is 14.7. The van der Waals surface area contributed by atoms with Crippen LogP contribution in [-0.2, 0) is 0 Å². The topological polar surface area (TPSA) is 70.2 Å². The summed E-state index contributed by atoms with van der Waals surface area (Å²) in [7, 11) is 4.01. The first-order chi connectivity index (χ1) is 12.5. The van der Waals surface area contributed by atoms with Crippen molar-refractivity contribution in [2.45, 2.75) is 45.1 Å². The second kappa shape index (κ2) is 8.17. The van der Waals surface area contributed by atoms with Crippen molar-refractivity contribution in [3.8, 4) is 0 Å². The molecule has 3 rings (SSSR count). The molecule has 2 N–H and O–H groups in total. The maximum atomic E-state index is 12.6. The Morgan fingerprint density at radius 3 is 2.42 bits per heavy atom. The van der Waals surface area contributed by atoms with Gasteiger partial charge in [-0.15, -0.1) is 0 Å². The minimum atomic E-state index is -0.117. The van der Waals surface area contributed by atoms with Crippen molar-refractivity contribution < 1.29 is 4.79 Å². The number of aryl methyl sites for hydroxylation is 1. The molecule has 6 heteroatoms. The molecule has 0 bridgehead atoms. The highest BCUT2D eigenvalue weighted by Gasteiger charge is 2.18. The van der Waals surface area contributed by atoms with Crippen molar-refractivity contribution in [2.75, 3.05) is 24.3 Å². The lowest BCUT2D eigenvalue weighted by molar-refractivity contribution is 0.0922. The van der Waals surface area contributed by atoms with E-state index in [1.807, 2.05) is 50.2 Å². The van der Waals surface area contributed by atoms with Crippen LogP contribution in [0.25, 0.3) is 0 Å². The highest BCUT2D eigenvalue weighted by molar-refractivity contribution is 5.92. The van der Waals surface area contributed by atoms with Gasteiger partial charge in [0.05, 0.1) is 0 Å². The van der Waals surface area contributed by atoms with E-state index in [1.165, 1.54) is 19.3 Å². The third kappa shape index (κ3) is 4.71. The van der Waals surface area contributed by atoms with Gasteiger partial charge >= 0.3 is 0 Å². The van der Waals surface area contributed by atoms with Gasteiger partial charge in [-0.25, -0.2) is 9.97 Å². The molecule has 1 aromatic heterocycles. The third-order valence-corrected chi connectivity index (χ3v) is 4.67. The van der Waals surface area contributed by atoms with Crippen molar-refractivity contribution in [3.63, 3.8) is 0 Å². The summed E-state index contributed by atoms with van der Waals surface area (Å²) >= 11 is 0. The first kappa shape index (κ1) is 18.2. The fraction of sp³-hybridized carbons (Fsp3) is 0.450. The van der Waals surface area contributed by atoms with Gasteiger partial charge in [-0.1, -0.05) is 19.3 Å². The molecule has 1 aromatic carbocycles. The highest BCUT2D eigenvalue weighted by atomic mass is 16.1. The molecular weight excluding hydrogens is 326 g/mol. The van der Waals surface area contributed by atoms with Crippen LogP contribution >= 0.6 is 0 Å². The summed E-state index contributed by atoms with van der Waals surface area (Å²) in [6, 6.07) is 10.00. The quantitative estimate of drug-likeness (QED) is 0.858. The van der Waals surface area contributed by atoms with E-state index < -0.39 is 0 Å². The minimum Gasteiger partial charge on any atom is -0.378 e. The van der Waals surface area contributed by atoms with Crippen molar-refractivity contribution in [3.05, 3.63) is 41.7 Å². The molecule has 1 amide bonds. The summed E-state index contributed by atoms with van der Waals surface area (Å²) < 4.78 is 0. The summed E-state index contributed by atoms with van der Waals surface area (Å²) in [6.45, 7) is 1.87. The number of anilines is 3. The molecule has 0 aliphatic heterocycles. The highest BCUT2D eigenvalue weighted by Crippen LogP contribution is 2.20.